The lowest BCUT2D eigenvalue weighted by Crippen LogP contribution is -2.39. The Morgan fingerprint density at radius 2 is 0.754 bits per heavy atom. The summed E-state index contributed by atoms with van der Waals surface area (Å²) in [6.07, 6.45) is 3.78. The molecule has 0 aromatic carbocycles. The summed E-state index contributed by atoms with van der Waals surface area (Å²) in [5, 5.41) is 0. The van der Waals surface area contributed by atoms with Crippen LogP contribution in [-0.4, -0.2) is 120 Å². The largest absolute Gasteiger partial charge is 0.464 e. The summed E-state index contributed by atoms with van der Waals surface area (Å²) >= 11 is 0. The molecule has 3 fully saturated rings. The molecule has 3 rings (SSSR count). The molecule has 3 aliphatic carbocycles. The third-order valence-electron chi connectivity index (χ3n) is 9.24. The van der Waals surface area contributed by atoms with Gasteiger partial charge in [-0.15, -0.1) is 0 Å². The molecule has 21 nitrogen and oxygen atoms in total. The first-order valence-corrected chi connectivity index (χ1v) is 19.9. The first-order valence-electron chi connectivity index (χ1n) is 19.9. The summed E-state index contributed by atoms with van der Waals surface area (Å²) in [7, 11) is 1.64. The van der Waals surface area contributed by atoms with E-state index in [0.29, 0.717) is 57.1 Å². The molecule has 0 saturated heterocycles. The van der Waals surface area contributed by atoms with E-state index in [4.69, 9.17) is 55.0 Å². The fourth-order valence-electron chi connectivity index (χ4n) is 4.33. The Balaban J connectivity index is -0.000000443. The van der Waals surface area contributed by atoms with Gasteiger partial charge in [0.25, 0.3) is 0 Å². The Labute approximate surface area is 362 Å². The van der Waals surface area contributed by atoms with Crippen molar-refractivity contribution >= 4 is 42.0 Å². The maximum atomic E-state index is 11.6. The van der Waals surface area contributed by atoms with Gasteiger partial charge in [-0.25, -0.2) is 29.3 Å². The standard InChI is InChI=1S/C18H26O9.C18H32O6.C2H8N2.C2H5N.3H3N/c1-5-18(9-25-15(22)6-12(2)19,10-26-16(23)7-13(3)20)11-27-17(24)8-14(4)21;1-5-18(9-19-22-15-6-12(15)2,10-20-23-16-7-13(16)3)11-21-24-17-8-14(17)4;3-1-2-4;1-3-2;;;/h5-11H2,1-4H3;12-17H,5-11H2,1-4H3;1-4H2;1H2,2H3;3*1H3. The van der Waals surface area contributed by atoms with Crippen LogP contribution < -0.4 is 29.9 Å². The molecular weight excluding hydrogens is 804 g/mol. The van der Waals surface area contributed by atoms with Crippen LogP contribution in [0.5, 0.6) is 0 Å². The second-order valence-electron chi connectivity index (χ2n) is 15.5. The number of hydrogen-bond donors (Lipinski definition) is 5. The van der Waals surface area contributed by atoms with Crippen molar-refractivity contribution in [3.05, 3.63) is 0 Å². The van der Waals surface area contributed by atoms with Crippen LogP contribution >= 0.6 is 0 Å². The fraction of sp³-hybridized carbons (Fsp3) is 0.825. The Morgan fingerprint density at radius 1 is 0.541 bits per heavy atom. The van der Waals surface area contributed by atoms with Gasteiger partial charge in [0, 0.05) is 25.6 Å². The minimum absolute atomic E-state index is 0. The SMILES string of the molecule is C=NC.CCC(COC(=O)CC(C)=O)(COC(=O)CC(C)=O)COC(=O)CC(C)=O.CCC(COOC1CC1C)(COOC1CC1C)COOC1CC1C.N.N.N.NCCN. The van der Waals surface area contributed by atoms with Gasteiger partial charge < -0.3 is 49.1 Å². The minimum Gasteiger partial charge on any atom is -0.464 e. The molecule has 3 aliphatic rings. The van der Waals surface area contributed by atoms with Crippen molar-refractivity contribution in [2.24, 2.45) is 45.0 Å². The third kappa shape index (κ3) is 32.1. The highest BCUT2D eigenvalue weighted by Crippen LogP contribution is 2.37. The van der Waals surface area contributed by atoms with Crippen LogP contribution in [0.3, 0.4) is 0 Å². The van der Waals surface area contributed by atoms with Crippen LogP contribution in [0.4, 0.5) is 0 Å². The van der Waals surface area contributed by atoms with Crippen LogP contribution in [0.2, 0.25) is 0 Å². The molecule has 3 saturated carbocycles. The van der Waals surface area contributed by atoms with Crippen LogP contribution in [0, 0.1) is 28.6 Å². The van der Waals surface area contributed by atoms with Gasteiger partial charge >= 0.3 is 17.9 Å². The summed E-state index contributed by atoms with van der Waals surface area (Å²) in [6.45, 7) is 18.7. The average molecular weight is 885 g/mol. The highest BCUT2D eigenvalue weighted by molar-refractivity contribution is 5.95. The van der Waals surface area contributed by atoms with Gasteiger partial charge in [-0.2, -0.15) is 0 Å². The van der Waals surface area contributed by atoms with E-state index in [9.17, 15) is 28.8 Å². The summed E-state index contributed by atoms with van der Waals surface area (Å²) in [6, 6.07) is 0. The Hall–Kier alpha value is -3.35. The number of esters is 3. The van der Waals surface area contributed by atoms with Gasteiger partial charge in [0.1, 0.15) is 56.4 Å². The van der Waals surface area contributed by atoms with Crippen molar-refractivity contribution in [2.75, 3.05) is 59.8 Å². The zero-order valence-corrected chi connectivity index (χ0v) is 38.3. The second kappa shape index (κ2) is 35.1. The predicted molar refractivity (Wildman–Crippen MR) is 227 cm³/mol. The highest BCUT2D eigenvalue weighted by atomic mass is 17.2. The second-order valence-corrected chi connectivity index (χ2v) is 15.5. The van der Waals surface area contributed by atoms with Crippen molar-refractivity contribution in [3.63, 3.8) is 0 Å². The topological polar surface area (TPSA) is 355 Å². The third-order valence-corrected chi connectivity index (χ3v) is 9.24. The molecule has 61 heavy (non-hydrogen) atoms. The van der Waals surface area contributed by atoms with Gasteiger partial charge in [-0.1, -0.05) is 34.6 Å². The van der Waals surface area contributed by atoms with E-state index in [1.54, 1.807) is 14.0 Å². The van der Waals surface area contributed by atoms with Gasteiger partial charge in [0.15, 0.2) is 0 Å². The van der Waals surface area contributed by atoms with Crippen molar-refractivity contribution in [2.45, 2.75) is 125 Å². The van der Waals surface area contributed by atoms with E-state index < -0.39 is 42.6 Å². The predicted octanol–water partition coefficient (Wildman–Crippen LogP) is 4.11. The van der Waals surface area contributed by atoms with Crippen LogP contribution in [-0.2, 0) is 72.3 Å². The van der Waals surface area contributed by atoms with Crippen LogP contribution in [0.15, 0.2) is 4.99 Å². The number of nitrogens with zero attached hydrogens (tertiary/aromatic N) is 1. The van der Waals surface area contributed by atoms with E-state index in [1.165, 1.54) is 20.8 Å². The fourth-order valence-corrected chi connectivity index (χ4v) is 4.33. The lowest BCUT2D eigenvalue weighted by atomic mass is 9.88. The molecular formula is C40H80N6O15. The number of hydrogen-bond acceptors (Lipinski definition) is 21. The Kier molecular flexibility index (Phi) is 37.0. The maximum absolute atomic E-state index is 11.6. The number of nitrogens with two attached hydrogens (primary N) is 2. The molecule has 6 atom stereocenters. The molecule has 21 heteroatoms. The van der Waals surface area contributed by atoms with Gasteiger partial charge in [-0.05, 0) is 77.3 Å². The number of ether oxygens (including phenoxy) is 3. The normalized spacial score (nSPS) is 21.0. The molecule has 360 valence electrons. The molecule has 0 aliphatic heterocycles. The van der Waals surface area contributed by atoms with Crippen LogP contribution in [0.25, 0.3) is 0 Å². The monoisotopic (exact) mass is 885 g/mol. The summed E-state index contributed by atoms with van der Waals surface area (Å²) in [5.74, 6) is -1.62. The summed E-state index contributed by atoms with van der Waals surface area (Å²) in [4.78, 5) is 104. The summed E-state index contributed by atoms with van der Waals surface area (Å²) in [5.41, 5.74) is 8.40. The van der Waals surface area contributed by atoms with Crippen molar-refractivity contribution in [3.8, 4) is 0 Å². The Bertz CT molecular complexity index is 1140. The van der Waals surface area contributed by atoms with Gasteiger partial charge in [-0.3, -0.25) is 28.8 Å². The van der Waals surface area contributed by atoms with E-state index in [0.717, 1.165) is 25.7 Å². The molecule has 0 spiro atoms. The van der Waals surface area contributed by atoms with Gasteiger partial charge in [0.05, 0.1) is 43.5 Å². The molecule has 13 N–H and O–H groups in total. The first kappa shape index (κ1) is 64.3. The molecule has 0 radical (unpaired) electrons. The molecule has 0 bridgehead atoms. The maximum Gasteiger partial charge on any atom is 0.313 e. The van der Waals surface area contributed by atoms with E-state index in [-0.39, 0.29) is 79.3 Å². The highest BCUT2D eigenvalue weighted by Gasteiger charge is 2.41. The first-order chi connectivity index (χ1) is 27.3. The average Bonchev–Trinajstić information content (AvgIpc) is 4.12. The van der Waals surface area contributed by atoms with Crippen molar-refractivity contribution in [1.29, 1.82) is 0 Å². The zero-order chi connectivity index (χ0) is 44.3. The quantitative estimate of drug-likeness (QED) is 0.0193. The molecule has 0 amide bonds. The van der Waals surface area contributed by atoms with Crippen LogP contribution in [0.1, 0.15) is 107 Å². The molecule has 6 unspecified atom stereocenters. The Morgan fingerprint density at radius 3 is 0.918 bits per heavy atom. The number of ketones is 3. The number of carbonyl (C=O) groups excluding carboxylic acids is 6. The zero-order valence-electron chi connectivity index (χ0n) is 38.3. The number of aliphatic imine (C=N–C) groups is 1. The van der Waals surface area contributed by atoms with E-state index >= 15 is 0 Å². The lowest BCUT2D eigenvalue weighted by molar-refractivity contribution is -0.377. The summed E-state index contributed by atoms with van der Waals surface area (Å²) < 4.78 is 15.2. The number of carbonyl (C=O) groups is 6. The van der Waals surface area contributed by atoms with Crippen molar-refractivity contribution in [1.82, 2.24) is 18.5 Å². The smallest absolute Gasteiger partial charge is 0.313 e. The molecule has 0 heterocycles. The molecule has 0 aromatic heterocycles. The van der Waals surface area contributed by atoms with E-state index in [1.807, 2.05) is 0 Å². The number of Topliss-reactive ketones (excluding diaryl/α,β-unsaturated/α-hetero) is 3. The lowest BCUT2D eigenvalue weighted by Gasteiger charge is -2.31. The minimum atomic E-state index is -1.06. The van der Waals surface area contributed by atoms with Crippen molar-refractivity contribution < 1.29 is 72.3 Å². The van der Waals surface area contributed by atoms with Gasteiger partial charge in [0.2, 0.25) is 0 Å². The molecule has 0 aromatic rings. The number of rotatable bonds is 27. The van der Waals surface area contributed by atoms with E-state index in [2.05, 4.69) is 39.4 Å².